The Morgan fingerprint density at radius 1 is 1.35 bits per heavy atom. The lowest BCUT2D eigenvalue weighted by Gasteiger charge is -2.20. The monoisotopic (exact) mass is 254 g/mol. The Hall–Kier alpha value is -1.06. The van der Waals surface area contributed by atoms with E-state index in [2.05, 4.69) is 10.6 Å². The normalized spacial score (nSPS) is 11.4. The van der Waals surface area contributed by atoms with Crippen LogP contribution in [0.25, 0.3) is 0 Å². The fourth-order valence-corrected chi connectivity index (χ4v) is 1.54. The van der Waals surface area contributed by atoms with Crippen molar-refractivity contribution in [3.8, 4) is 0 Å². The molecule has 1 aromatic carbocycles. The van der Waals surface area contributed by atoms with Crippen LogP contribution in [0.4, 0.5) is 5.69 Å². The fraction of sp³-hybridized carbons (Fsp3) is 0.462. The molecule has 0 aliphatic heterocycles. The summed E-state index contributed by atoms with van der Waals surface area (Å²) < 4.78 is 0. The van der Waals surface area contributed by atoms with E-state index < -0.39 is 0 Å². The molecule has 0 saturated carbocycles. The van der Waals surface area contributed by atoms with Crippen molar-refractivity contribution in [3.63, 3.8) is 0 Å². The molecule has 0 aliphatic carbocycles. The van der Waals surface area contributed by atoms with Crippen molar-refractivity contribution in [1.29, 1.82) is 0 Å². The van der Waals surface area contributed by atoms with Crippen molar-refractivity contribution in [2.24, 2.45) is 0 Å². The predicted octanol–water partition coefficient (Wildman–Crippen LogP) is 2.98. The van der Waals surface area contributed by atoms with Gasteiger partial charge in [-0.15, -0.1) is 0 Å². The van der Waals surface area contributed by atoms with Crippen molar-refractivity contribution < 1.29 is 4.79 Å². The zero-order valence-electron chi connectivity index (χ0n) is 10.7. The number of carbonyl (C=O) groups excluding carboxylic acids is 1. The molecule has 0 fully saturated rings. The maximum atomic E-state index is 11.7. The molecule has 0 heterocycles. The highest BCUT2D eigenvalue weighted by Crippen LogP contribution is 2.22. The van der Waals surface area contributed by atoms with Crippen LogP contribution in [0, 0.1) is 6.92 Å². The van der Waals surface area contributed by atoms with Gasteiger partial charge in [-0.2, -0.15) is 0 Å². The van der Waals surface area contributed by atoms with E-state index in [4.69, 9.17) is 11.6 Å². The summed E-state index contributed by atoms with van der Waals surface area (Å²) in [4.78, 5) is 11.7. The predicted molar refractivity (Wildman–Crippen MR) is 72.6 cm³/mol. The topological polar surface area (TPSA) is 41.1 Å². The van der Waals surface area contributed by atoms with E-state index in [0.29, 0.717) is 10.7 Å². The summed E-state index contributed by atoms with van der Waals surface area (Å²) in [7, 11) is 0. The third-order valence-electron chi connectivity index (χ3n) is 2.18. The summed E-state index contributed by atoms with van der Waals surface area (Å²) in [5.74, 6) is -0.0920. The molecule has 0 aliphatic rings. The minimum atomic E-state index is -0.0920. The lowest BCUT2D eigenvalue weighted by atomic mass is 10.1. The van der Waals surface area contributed by atoms with Gasteiger partial charge in [0.15, 0.2) is 0 Å². The number of hydrogen-bond donors (Lipinski definition) is 2. The molecule has 3 nitrogen and oxygen atoms in total. The Labute approximate surface area is 108 Å². The smallest absolute Gasteiger partial charge is 0.238 e. The van der Waals surface area contributed by atoms with E-state index in [1.807, 2.05) is 45.9 Å². The third kappa shape index (κ3) is 5.20. The van der Waals surface area contributed by atoms with Gasteiger partial charge in [-0.1, -0.05) is 17.7 Å². The van der Waals surface area contributed by atoms with E-state index in [9.17, 15) is 4.79 Å². The van der Waals surface area contributed by atoms with Gasteiger partial charge in [0.2, 0.25) is 5.91 Å². The molecule has 1 aromatic rings. The van der Waals surface area contributed by atoms with Crippen LogP contribution in [-0.2, 0) is 4.79 Å². The van der Waals surface area contributed by atoms with Gasteiger partial charge in [0.05, 0.1) is 17.3 Å². The highest BCUT2D eigenvalue weighted by Gasteiger charge is 2.12. The molecule has 0 atom stereocenters. The first-order chi connectivity index (χ1) is 7.78. The second-order valence-electron chi connectivity index (χ2n) is 5.14. The van der Waals surface area contributed by atoms with Crippen LogP contribution in [0.3, 0.4) is 0 Å². The minimum Gasteiger partial charge on any atom is -0.324 e. The number of carbonyl (C=O) groups is 1. The summed E-state index contributed by atoms with van der Waals surface area (Å²) in [6.45, 7) is 8.27. The molecule has 2 N–H and O–H groups in total. The highest BCUT2D eigenvalue weighted by atomic mass is 35.5. The first-order valence-corrected chi connectivity index (χ1v) is 5.97. The van der Waals surface area contributed by atoms with Gasteiger partial charge in [-0.3, -0.25) is 4.79 Å². The molecule has 1 amide bonds. The largest absolute Gasteiger partial charge is 0.324 e. The maximum absolute atomic E-state index is 11.7. The van der Waals surface area contributed by atoms with Crippen LogP contribution < -0.4 is 10.6 Å². The molecular weight excluding hydrogens is 236 g/mol. The number of anilines is 1. The van der Waals surface area contributed by atoms with E-state index in [-0.39, 0.29) is 18.0 Å². The number of rotatable bonds is 3. The van der Waals surface area contributed by atoms with Crippen molar-refractivity contribution in [3.05, 3.63) is 28.8 Å². The van der Waals surface area contributed by atoms with Gasteiger partial charge >= 0.3 is 0 Å². The van der Waals surface area contributed by atoms with Crippen LogP contribution in [-0.4, -0.2) is 18.0 Å². The fourth-order valence-electron chi connectivity index (χ4n) is 1.26. The third-order valence-corrected chi connectivity index (χ3v) is 2.49. The average Bonchev–Trinajstić information content (AvgIpc) is 2.18. The van der Waals surface area contributed by atoms with E-state index >= 15 is 0 Å². The number of nitrogens with one attached hydrogen (secondary N) is 2. The van der Waals surface area contributed by atoms with Crippen molar-refractivity contribution >= 4 is 23.2 Å². The first kappa shape index (κ1) is 14.0. The molecule has 0 radical (unpaired) electrons. The highest BCUT2D eigenvalue weighted by molar-refractivity contribution is 6.33. The molecule has 1 rings (SSSR count). The Bertz CT molecular complexity index is 410. The molecule has 4 heteroatoms. The summed E-state index contributed by atoms with van der Waals surface area (Å²) in [5, 5.41) is 6.46. The van der Waals surface area contributed by atoms with Crippen LogP contribution in [0.15, 0.2) is 18.2 Å². The molecule has 0 unspecified atom stereocenters. The van der Waals surface area contributed by atoms with Crippen LogP contribution >= 0.6 is 11.6 Å². The molecule has 0 spiro atoms. The van der Waals surface area contributed by atoms with E-state index in [1.165, 1.54) is 0 Å². The van der Waals surface area contributed by atoms with Crippen LogP contribution in [0.5, 0.6) is 0 Å². The van der Waals surface area contributed by atoms with E-state index in [0.717, 1.165) is 5.56 Å². The summed E-state index contributed by atoms with van der Waals surface area (Å²) in [6.07, 6.45) is 0. The van der Waals surface area contributed by atoms with Crippen molar-refractivity contribution in [1.82, 2.24) is 5.32 Å². The van der Waals surface area contributed by atoms with Gasteiger partial charge < -0.3 is 10.6 Å². The Morgan fingerprint density at radius 2 is 2.00 bits per heavy atom. The lowest BCUT2D eigenvalue weighted by molar-refractivity contribution is -0.115. The molecule has 0 aromatic heterocycles. The Kier molecular flexibility index (Phi) is 4.54. The Balaban J connectivity index is 2.57. The maximum Gasteiger partial charge on any atom is 0.238 e. The molecule has 0 bridgehead atoms. The summed E-state index contributed by atoms with van der Waals surface area (Å²) in [5.41, 5.74) is 1.65. The van der Waals surface area contributed by atoms with Crippen molar-refractivity contribution in [2.75, 3.05) is 11.9 Å². The van der Waals surface area contributed by atoms with Gasteiger partial charge in [0.25, 0.3) is 0 Å². The van der Waals surface area contributed by atoms with Gasteiger partial charge in [-0.05, 0) is 45.4 Å². The van der Waals surface area contributed by atoms with Crippen LogP contribution in [0.2, 0.25) is 5.02 Å². The number of aryl methyl sites for hydroxylation is 1. The second-order valence-corrected chi connectivity index (χ2v) is 5.54. The second kappa shape index (κ2) is 5.52. The zero-order chi connectivity index (χ0) is 13.1. The standard InChI is InChI=1S/C13H19ClN2O/c1-9-5-6-11(10(14)7-9)16-12(17)8-15-13(2,3)4/h5-7,15H,8H2,1-4H3,(H,16,17). The lowest BCUT2D eigenvalue weighted by Crippen LogP contribution is -2.41. The molecular formula is C13H19ClN2O. The quantitative estimate of drug-likeness (QED) is 0.871. The van der Waals surface area contributed by atoms with Crippen LogP contribution in [0.1, 0.15) is 26.3 Å². The van der Waals surface area contributed by atoms with Gasteiger partial charge in [-0.25, -0.2) is 0 Å². The summed E-state index contributed by atoms with van der Waals surface area (Å²) >= 11 is 6.03. The Morgan fingerprint density at radius 3 is 2.53 bits per heavy atom. The minimum absolute atomic E-state index is 0.0750. The average molecular weight is 255 g/mol. The zero-order valence-corrected chi connectivity index (χ0v) is 11.5. The van der Waals surface area contributed by atoms with Crippen molar-refractivity contribution in [2.45, 2.75) is 33.2 Å². The number of benzene rings is 1. The van der Waals surface area contributed by atoms with E-state index in [1.54, 1.807) is 0 Å². The van der Waals surface area contributed by atoms with Gasteiger partial charge in [0, 0.05) is 5.54 Å². The number of halogens is 1. The van der Waals surface area contributed by atoms with Gasteiger partial charge in [0.1, 0.15) is 0 Å². The first-order valence-electron chi connectivity index (χ1n) is 5.59. The number of amides is 1. The SMILES string of the molecule is Cc1ccc(NC(=O)CNC(C)(C)C)c(Cl)c1. The molecule has 17 heavy (non-hydrogen) atoms. The number of hydrogen-bond acceptors (Lipinski definition) is 2. The molecule has 94 valence electrons. The molecule has 0 saturated heterocycles. The summed E-state index contributed by atoms with van der Waals surface area (Å²) in [6, 6.07) is 5.56.